The number of ether oxygens (including phenoxy) is 2. The molecule has 31 heavy (non-hydrogen) atoms. The minimum atomic E-state index is -0.307. The van der Waals surface area contributed by atoms with Crippen molar-refractivity contribution in [2.24, 2.45) is 5.92 Å². The SMILES string of the molecule is COc1ccc2c(c1)c(CC(=O)OC(C)C(C)C)c(C)n2C(=O)C=Cc1ccccc1. The Balaban J connectivity index is 2.00. The van der Waals surface area contributed by atoms with Gasteiger partial charge in [-0.05, 0) is 55.2 Å². The fourth-order valence-electron chi connectivity index (χ4n) is 3.43. The summed E-state index contributed by atoms with van der Waals surface area (Å²) in [5, 5.41) is 0.812. The maximum Gasteiger partial charge on any atom is 0.310 e. The number of fused-ring (bicyclic) bond motifs is 1. The van der Waals surface area contributed by atoms with Gasteiger partial charge in [0.15, 0.2) is 0 Å². The molecular weight excluding hydrogens is 390 g/mol. The summed E-state index contributed by atoms with van der Waals surface area (Å²) in [6.07, 6.45) is 3.26. The van der Waals surface area contributed by atoms with Crippen LogP contribution in [0.4, 0.5) is 0 Å². The van der Waals surface area contributed by atoms with Gasteiger partial charge in [-0.1, -0.05) is 44.2 Å². The summed E-state index contributed by atoms with van der Waals surface area (Å²) in [4.78, 5) is 25.7. The fraction of sp³-hybridized carbons (Fsp3) is 0.308. The van der Waals surface area contributed by atoms with Crippen molar-refractivity contribution in [2.45, 2.75) is 40.2 Å². The zero-order chi connectivity index (χ0) is 22.5. The number of rotatable bonds is 7. The molecule has 0 spiro atoms. The van der Waals surface area contributed by atoms with Gasteiger partial charge in [0.1, 0.15) is 11.9 Å². The van der Waals surface area contributed by atoms with Gasteiger partial charge in [-0.2, -0.15) is 0 Å². The van der Waals surface area contributed by atoms with E-state index >= 15 is 0 Å². The Hall–Kier alpha value is -3.34. The third-order valence-electron chi connectivity index (χ3n) is 5.56. The second-order valence-corrected chi connectivity index (χ2v) is 7.98. The van der Waals surface area contributed by atoms with Crippen LogP contribution in [0.25, 0.3) is 17.0 Å². The largest absolute Gasteiger partial charge is 0.497 e. The van der Waals surface area contributed by atoms with Crippen LogP contribution in [-0.4, -0.2) is 29.7 Å². The molecule has 3 aromatic rings. The molecule has 0 amide bonds. The number of esters is 1. The van der Waals surface area contributed by atoms with E-state index in [4.69, 9.17) is 9.47 Å². The number of methoxy groups -OCH3 is 1. The van der Waals surface area contributed by atoms with Crippen LogP contribution in [0.15, 0.2) is 54.6 Å². The van der Waals surface area contributed by atoms with Crippen LogP contribution in [-0.2, 0) is 16.0 Å². The van der Waals surface area contributed by atoms with Crippen molar-refractivity contribution in [3.8, 4) is 5.75 Å². The molecule has 1 unspecified atom stereocenters. The first-order valence-electron chi connectivity index (χ1n) is 10.5. The van der Waals surface area contributed by atoms with Gasteiger partial charge in [0.05, 0.1) is 19.0 Å². The molecule has 1 atom stereocenters. The number of nitrogens with zero attached hydrogens (tertiary/aromatic N) is 1. The molecule has 162 valence electrons. The first-order valence-corrected chi connectivity index (χ1v) is 10.5. The average Bonchev–Trinajstić information content (AvgIpc) is 3.03. The lowest BCUT2D eigenvalue weighted by atomic mass is 10.1. The van der Waals surface area contributed by atoms with Crippen molar-refractivity contribution in [3.05, 3.63) is 71.4 Å². The molecule has 0 saturated heterocycles. The fourth-order valence-corrected chi connectivity index (χ4v) is 3.43. The van der Waals surface area contributed by atoms with E-state index < -0.39 is 0 Å². The van der Waals surface area contributed by atoms with Crippen molar-refractivity contribution < 1.29 is 19.1 Å². The molecule has 2 aromatic carbocycles. The Kier molecular flexibility index (Phi) is 6.95. The van der Waals surface area contributed by atoms with E-state index in [0.717, 1.165) is 27.7 Å². The van der Waals surface area contributed by atoms with Gasteiger partial charge in [0.2, 0.25) is 0 Å². The van der Waals surface area contributed by atoms with Crippen molar-refractivity contribution in [3.63, 3.8) is 0 Å². The smallest absolute Gasteiger partial charge is 0.310 e. The molecule has 3 rings (SSSR count). The quantitative estimate of drug-likeness (QED) is 0.378. The Labute approximate surface area is 183 Å². The highest BCUT2D eigenvalue weighted by Gasteiger charge is 2.22. The van der Waals surface area contributed by atoms with Crippen LogP contribution in [0.1, 0.15) is 42.4 Å². The van der Waals surface area contributed by atoms with Gasteiger partial charge in [-0.25, -0.2) is 0 Å². The van der Waals surface area contributed by atoms with Crippen LogP contribution in [0, 0.1) is 12.8 Å². The molecule has 0 saturated carbocycles. The predicted octanol–water partition coefficient (Wildman–Crippen LogP) is 5.44. The Bertz CT molecular complexity index is 1110. The molecule has 0 fully saturated rings. The maximum absolute atomic E-state index is 13.1. The highest BCUT2D eigenvalue weighted by atomic mass is 16.5. The third-order valence-corrected chi connectivity index (χ3v) is 5.56. The molecule has 0 aliphatic carbocycles. The first-order chi connectivity index (χ1) is 14.8. The standard InChI is InChI=1S/C26H29NO4/c1-17(2)19(4)31-26(29)16-22-18(3)27(24-13-12-21(30-5)15-23(22)24)25(28)14-11-20-9-7-6-8-10-20/h6-15,17,19H,16H2,1-5H3. The molecule has 1 aromatic heterocycles. The van der Waals surface area contributed by atoms with E-state index in [2.05, 4.69) is 0 Å². The average molecular weight is 420 g/mol. The number of carbonyl (C=O) groups excluding carboxylic acids is 2. The summed E-state index contributed by atoms with van der Waals surface area (Å²) >= 11 is 0. The third kappa shape index (κ3) is 5.05. The molecule has 5 nitrogen and oxygen atoms in total. The number of hydrogen-bond acceptors (Lipinski definition) is 4. The summed E-state index contributed by atoms with van der Waals surface area (Å²) in [6.45, 7) is 7.77. The highest BCUT2D eigenvalue weighted by molar-refractivity contribution is 6.03. The number of benzene rings is 2. The minimum Gasteiger partial charge on any atom is -0.497 e. The van der Waals surface area contributed by atoms with Gasteiger partial charge >= 0.3 is 5.97 Å². The predicted molar refractivity (Wildman–Crippen MR) is 123 cm³/mol. The lowest BCUT2D eigenvalue weighted by Crippen LogP contribution is -2.21. The number of aromatic nitrogens is 1. The summed E-state index contributed by atoms with van der Waals surface area (Å²) in [5.74, 6) is 0.420. The highest BCUT2D eigenvalue weighted by Crippen LogP contribution is 2.30. The molecule has 0 bridgehead atoms. The van der Waals surface area contributed by atoms with Crippen LogP contribution >= 0.6 is 0 Å². The van der Waals surface area contributed by atoms with Crippen LogP contribution in [0.3, 0.4) is 0 Å². The molecule has 0 radical (unpaired) electrons. The maximum atomic E-state index is 13.1. The van der Waals surface area contributed by atoms with E-state index in [9.17, 15) is 9.59 Å². The monoisotopic (exact) mass is 419 g/mol. The topological polar surface area (TPSA) is 57.5 Å². The number of carbonyl (C=O) groups is 2. The van der Waals surface area contributed by atoms with Gasteiger partial charge in [-0.15, -0.1) is 0 Å². The minimum absolute atomic E-state index is 0.0925. The lowest BCUT2D eigenvalue weighted by molar-refractivity contribution is -0.149. The van der Waals surface area contributed by atoms with E-state index in [1.807, 2.05) is 76.2 Å². The van der Waals surface area contributed by atoms with Gasteiger partial charge in [-0.3, -0.25) is 14.2 Å². The van der Waals surface area contributed by atoms with Crippen molar-refractivity contribution in [2.75, 3.05) is 7.11 Å². The summed E-state index contributed by atoms with van der Waals surface area (Å²) in [7, 11) is 1.59. The lowest BCUT2D eigenvalue weighted by Gasteiger charge is -2.16. The molecular formula is C26H29NO4. The summed E-state index contributed by atoms with van der Waals surface area (Å²) in [5.41, 5.74) is 3.18. The number of allylic oxidation sites excluding steroid dienone is 1. The van der Waals surface area contributed by atoms with Crippen molar-refractivity contribution in [1.29, 1.82) is 0 Å². The van der Waals surface area contributed by atoms with Crippen molar-refractivity contribution in [1.82, 2.24) is 4.57 Å². The second-order valence-electron chi connectivity index (χ2n) is 7.98. The zero-order valence-electron chi connectivity index (χ0n) is 18.7. The summed E-state index contributed by atoms with van der Waals surface area (Å²) < 4.78 is 12.6. The van der Waals surface area contributed by atoms with E-state index in [1.165, 1.54) is 0 Å². The molecule has 0 aliphatic heterocycles. The van der Waals surface area contributed by atoms with Gasteiger partial charge in [0.25, 0.3) is 5.91 Å². The van der Waals surface area contributed by atoms with Crippen LogP contribution < -0.4 is 4.74 Å². The first kappa shape index (κ1) is 22.3. The molecule has 1 heterocycles. The Morgan fingerprint density at radius 3 is 2.42 bits per heavy atom. The molecule has 0 aliphatic rings. The zero-order valence-corrected chi connectivity index (χ0v) is 18.7. The van der Waals surface area contributed by atoms with Gasteiger partial charge < -0.3 is 9.47 Å². The van der Waals surface area contributed by atoms with Gasteiger partial charge in [0, 0.05) is 17.2 Å². The summed E-state index contributed by atoms with van der Waals surface area (Å²) in [6, 6.07) is 15.2. The van der Waals surface area contributed by atoms with Crippen LogP contribution in [0.5, 0.6) is 5.75 Å². The number of hydrogen-bond donors (Lipinski definition) is 0. The second kappa shape index (κ2) is 9.65. The van der Waals surface area contributed by atoms with E-state index in [1.54, 1.807) is 23.8 Å². The van der Waals surface area contributed by atoms with Crippen molar-refractivity contribution >= 4 is 28.9 Å². The van der Waals surface area contributed by atoms with E-state index in [0.29, 0.717) is 5.75 Å². The Morgan fingerprint density at radius 1 is 1.06 bits per heavy atom. The molecule has 5 heteroatoms. The van der Waals surface area contributed by atoms with Crippen LogP contribution in [0.2, 0.25) is 0 Å². The van der Waals surface area contributed by atoms with E-state index in [-0.39, 0.29) is 30.3 Å². The molecule has 0 N–H and O–H groups in total. The normalized spacial score (nSPS) is 12.5. The Morgan fingerprint density at radius 2 is 1.77 bits per heavy atom.